The lowest BCUT2D eigenvalue weighted by atomic mass is 9.99. The third kappa shape index (κ3) is 6.51. The Morgan fingerprint density at radius 3 is 2.73 bits per heavy atom. The van der Waals surface area contributed by atoms with Gasteiger partial charge in [0.15, 0.2) is 18.1 Å². The van der Waals surface area contributed by atoms with E-state index in [1.54, 1.807) is 36.3 Å². The highest BCUT2D eigenvalue weighted by molar-refractivity contribution is 5.95. The number of piperidine rings is 1. The van der Waals surface area contributed by atoms with Crippen molar-refractivity contribution in [1.82, 2.24) is 15.5 Å². The second-order valence-corrected chi connectivity index (χ2v) is 11.1. The van der Waals surface area contributed by atoms with Crippen molar-refractivity contribution in [2.45, 2.75) is 44.9 Å². The molecule has 0 aromatic heterocycles. The van der Waals surface area contributed by atoms with Crippen LogP contribution < -0.4 is 34.3 Å². The Kier molecular flexibility index (Phi) is 8.44. The number of fused-ring (bicyclic) bond motifs is 8. The first-order chi connectivity index (χ1) is 21.4. The number of nitrogens with zero attached hydrogens (tertiary/aromatic N) is 1. The lowest BCUT2D eigenvalue weighted by molar-refractivity contribution is -0.133. The van der Waals surface area contributed by atoms with Crippen molar-refractivity contribution in [3.63, 3.8) is 0 Å². The summed E-state index contributed by atoms with van der Waals surface area (Å²) in [5.41, 5.74) is 2.94. The van der Waals surface area contributed by atoms with Gasteiger partial charge in [-0.15, -0.1) is 0 Å². The Morgan fingerprint density at radius 2 is 1.86 bits per heavy atom. The molecule has 4 heterocycles. The third-order valence-corrected chi connectivity index (χ3v) is 8.11. The van der Waals surface area contributed by atoms with Gasteiger partial charge in [-0.25, -0.2) is 0 Å². The smallest absolute Gasteiger partial charge is 0.258 e. The van der Waals surface area contributed by atoms with E-state index in [0.717, 1.165) is 16.7 Å². The SMILES string of the molecule is COc1cc2ccc1CNC(=O)COc1cc(ccc1C)C(=O)N[C@H]1CN(C(=O)CCc3ccc4c(c3)OCO4)CC[C@H]1O2. The summed E-state index contributed by atoms with van der Waals surface area (Å²) in [5, 5.41) is 5.95. The maximum Gasteiger partial charge on any atom is 0.258 e. The number of benzene rings is 3. The fourth-order valence-electron chi connectivity index (χ4n) is 5.60. The summed E-state index contributed by atoms with van der Waals surface area (Å²) >= 11 is 0. The minimum atomic E-state index is -0.485. The normalized spacial score (nSPS) is 19.5. The Labute approximate surface area is 255 Å². The molecule has 44 heavy (non-hydrogen) atoms. The first-order valence-electron chi connectivity index (χ1n) is 14.7. The molecule has 2 atom stereocenters. The van der Waals surface area contributed by atoms with Gasteiger partial charge in [0.25, 0.3) is 11.8 Å². The van der Waals surface area contributed by atoms with Crippen LogP contribution in [0, 0.1) is 6.92 Å². The molecule has 2 N–H and O–H groups in total. The van der Waals surface area contributed by atoms with Crippen molar-refractivity contribution in [3.05, 3.63) is 76.9 Å². The van der Waals surface area contributed by atoms with E-state index in [0.29, 0.717) is 66.7 Å². The van der Waals surface area contributed by atoms with Gasteiger partial charge >= 0.3 is 0 Å². The Balaban J connectivity index is 1.22. The number of hydrogen-bond acceptors (Lipinski definition) is 8. The number of hydrogen-bond donors (Lipinski definition) is 2. The molecule has 7 rings (SSSR count). The minimum absolute atomic E-state index is 0.00651. The molecule has 0 aliphatic carbocycles. The maximum atomic E-state index is 13.5. The number of aryl methyl sites for hydroxylation is 2. The molecule has 0 spiro atoms. The number of ether oxygens (including phenoxy) is 5. The van der Waals surface area contributed by atoms with Gasteiger partial charge in [-0.1, -0.05) is 12.1 Å². The van der Waals surface area contributed by atoms with Crippen molar-refractivity contribution in [1.29, 1.82) is 0 Å². The first-order valence-corrected chi connectivity index (χ1v) is 14.7. The molecule has 0 unspecified atom stereocenters. The number of carbonyl (C=O) groups is 3. The Morgan fingerprint density at radius 1 is 1.00 bits per heavy atom. The van der Waals surface area contributed by atoms with Crippen LogP contribution in [0.3, 0.4) is 0 Å². The van der Waals surface area contributed by atoms with Gasteiger partial charge in [-0.3, -0.25) is 14.4 Å². The Bertz CT molecular complexity index is 1570. The van der Waals surface area contributed by atoms with E-state index in [2.05, 4.69) is 10.6 Å². The fourth-order valence-corrected chi connectivity index (χ4v) is 5.60. The standard InChI is InChI=1S/C33H35N3O8/c1-20-3-6-22-14-28(20)41-18-31(37)34-16-23-7-8-24(15-29(23)40-2)44-26-11-12-36(17-25(26)35-33(22)39)32(38)10-5-21-4-9-27-30(13-21)43-19-42-27/h3-4,6-9,13-15,25-26H,5,10-12,16-19H2,1-2H3,(H,34,37)(H,35,39)/t25-,26+/m0/s1. The van der Waals surface area contributed by atoms with Gasteiger partial charge in [0, 0.05) is 49.7 Å². The second-order valence-electron chi connectivity index (χ2n) is 11.1. The predicted molar refractivity (Wildman–Crippen MR) is 159 cm³/mol. The van der Waals surface area contributed by atoms with E-state index in [-0.39, 0.29) is 37.7 Å². The second kappa shape index (κ2) is 12.7. The van der Waals surface area contributed by atoms with E-state index in [9.17, 15) is 14.4 Å². The summed E-state index contributed by atoms with van der Waals surface area (Å²) in [4.78, 5) is 41.2. The van der Waals surface area contributed by atoms with E-state index < -0.39 is 12.1 Å². The molecule has 4 aliphatic rings. The van der Waals surface area contributed by atoms with Crippen LogP contribution in [0.2, 0.25) is 0 Å². The average molecular weight is 602 g/mol. The van der Waals surface area contributed by atoms with Crippen LogP contribution in [-0.2, 0) is 22.6 Å². The number of carbonyl (C=O) groups excluding carboxylic acids is 3. The molecule has 3 aromatic carbocycles. The first kappa shape index (κ1) is 29.2. The molecule has 1 saturated heterocycles. The van der Waals surface area contributed by atoms with Crippen LogP contribution in [-0.4, -0.2) is 68.4 Å². The summed E-state index contributed by atoms with van der Waals surface area (Å²) in [6, 6.07) is 15.8. The molecule has 11 nitrogen and oxygen atoms in total. The van der Waals surface area contributed by atoms with E-state index in [4.69, 9.17) is 23.7 Å². The van der Waals surface area contributed by atoms with Crippen LogP contribution in [0.4, 0.5) is 0 Å². The number of nitrogens with one attached hydrogen (secondary N) is 2. The molecule has 3 amide bonds. The monoisotopic (exact) mass is 601 g/mol. The zero-order valence-electron chi connectivity index (χ0n) is 24.7. The van der Waals surface area contributed by atoms with E-state index in [1.165, 1.54) is 0 Å². The fraction of sp³-hybridized carbons (Fsp3) is 0.364. The van der Waals surface area contributed by atoms with Crippen molar-refractivity contribution < 1.29 is 38.1 Å². The summed E-state index contributed by atoms with van der Waals surface area (Å²) < 4.78 is 28.6. The van der Waals surface area contributed by atoms with Gasteiger partial charge in [-0.05, 0) is 60.9 Å². The molecule has 0 saturated carbocycles. The Hall–Kier alpha value is -4.93. The molecule has 11 heteroatoms. The summed E-state index contributed by atoms with van der Waals surface area (Å²) in [7, 11) is 1.56. The highest BCUT2D eigenvalue weighted by atomic mass is 16.7. The highest BCUT2D eigenvalue weighted by Gasteiger charge is 2.34. The lowest BCUT2D eigenvalue weighted by Crippen LogP contribution is -2.58. The van der Waals surface area contributed by atoms with Crippen LogP contribution >= 0.6 is 0 Å². The van der Waals surface area contributed by atoms with Crippen molar-refractivity contribution in [2.75, 3.05) is 33.6 Å². The van der Waals surface area contributed by atoms with E-state index in [1.807, 2.05) is 37.3 Å². The number of methoxy groups -OCH3 is 1. The topological polar surface area (TPSA) is 125 Å². The third-order valence-electron chi connectivity index (χ3n) is 8.11. The zero-order valence-corrected chi connectivity index (χ0v) is 24.7. The minimum Gasteiger partial charge on any atom is -0.496 e. The van der Waals surface area contributed by atoms with Crippen LogP contribution in [0.1, 0.15) is 39.9 Å². The number of amides is 3. The maximum absolute atomic E-state index is 13.5. The summed E-state index contributed by atoms with van der Waals surface area (Å²) in [6.07, 6.45) is 0.987. The van der Waals surface area contributed by atoms with Gasteiger partial charge in [0.1, 0.15) is 23.4 Å². The lowest BCUT2D eigenvalue weighted by Gasteiger charge is -2.39. The molecule has 0 radical (unpaired) electrons. The molecule has 4 aliphatic heterocycles. The van der Waals surface area contributed by atoms with Gasteiger partial charge in [-0.2, -0.15) is 0 Å². The largest absolute Gasteiger partial charge is 0.496 e. The van der Waals surface area contributed by atoms with Gasteiger partial charge < -0.3 is 39.2 Å². The van der Waals surface area contributed by atoms with E-state index >= 15 is 0 Å². The molecular formula is C33H35N3O8. The summed E-state index contributed by atoms with van der Waals surface area (Å²) in [6.45, 7) is 2.87. The number of likely N-dealkylation sites (tertiary alicyclic amines) is 1. The molecule has 3 aromatic rings. The highest BCUT2D eigenvalue weighted by Crippen LogP contribution is 2.33. The van der Waals surface area contributed by atoms with Crippen molar-refractivity contribution in [2.24, 2.45) is 0 Å². The summed E-state index contributed by atoms with van der Waals surface area (Å²) in [5.74, 6) is 2.32. The molecular weight excluding hydrogens is 566 g/mol. The van der Waals surface area contributed by atoms with Crippen LogP contribution in [0.15, 0.2) is 54.6 Å². The molecule has 230 valence electrons. The molecule has 4 bridgehead atoms. The van der Waals surface area contributed by atoms with Crippen LogP contribution in [0.5, 0.6) is 28.7 Å². The zero-order chi connectivity index (χ0) is 30.6. The quantitative estimate of drug-likeness (QED) is 0.468. The van der Waals surface area contributed by atoms with Crippen molar-refractivity contribution in [3.8, 4) is 28.7 Å². The predicted octanol–water partition coefficient (Wildman–Crippen LogP) is 3.15. The van der Waals surface area contributed by atoms with Gasteiger partial charge in [0.2, 0.25) is 12.7 Å². The molecule has 1 fully saturated rings. The average Bonchev–Trinajstić information content (AvgIpc) is 3.51. The van der Waals surface area contributed by atoms with Gasteiger partial charge in [0.05, 0.1) is 13.2 Å². The van der Waals surface area contributed by atoms with Crippen LogP contribution in [0.25, 0.3) is 0 Å². The number of rotatable bonds is 4. The van der Waals surface area contributed by atoms with Crippen molar-refractivity contribution >= 4 is 17.7 Å².